The maximum Gasteiger partial charge on any atom is 0.269 e. The van der Waals surface area contributed by atoms with Gasteiger partial charge in [-0.2, -0.15) is 5.26 Å². The Hall–Kier alpha value is -3.33. The maximum atomic E-state index is 12.1. The SMILES string of the molecule is CCCCCCOc1ccc(C(=O)NNC(=O)c2cccc(C#N)c2)cc1. The fraction of sp³-hybridized carbons (Fsp3) is 0.286. The van der Waals surface area contributed by atoms with Crippen LogP contribution >= 0.6 is 0 Å². The topological polar surface area (TPSA) is 91.2 Å². The van der Waals surface area contributed by atoms with Crippen LogP contribution in [0.4, 0.5) is 0 Å². The van der Waals surface area contributed by atoms with E-state index in [1.807, 2.05) is 6.07 Å². The molecule has 6 nitrogen and oxygen atoms in total. The van der Waals surface area contributed by atoms with Crippen LogP contribution in [0.25, 0.3) is 0 Å². The lowest BCUT2D eigenvalue weighted by atomic mass is 10.1. The van der Waals surface area contributed by atoms with E-state index in [4.69, 9.17) is 10.00 Å². The Morgan fingerprint density at radius 2 is 1.67 bits per heavy atom. The van der Waals surface area contributed by atoms with Gasteiger partial charge in [-0.3, -0.25) is 20.4 Å². The third-order valence-corrected chi connectivity index (χ3v) is 3.93. The van der Waals surface area contributed by atoms with E-state index >= 15 is 0 Å². The molecule has 0 aliphatic heterocycles. The first-order valence-electron chi connectivity index (χ1n) is 8.97. The van der Waals surface area contributed by atoms with Crippen molar-refractivity contribution in [3.63, 3.8) is 0 Å². The van der Waals surface area contributed by atoms with Gasteiger partial charge >= 0.3 is 0 Å². The zero-order chi connectivity index (χ0) is 19.5. The summed E-state index contributed by atoms with van der Waals surface area (Å²) in [5.74, 6) is -0.220. The molecule has 0 unspecified atom stereocenters. The summed E-state index contributed by atoms with van der Waals surface area (Å²) in [5, 5.41) is 8.86. The van der Waals surface area contributed by atoms with Gasteiger partial charge in [-0.15, -0.1) is 0 Å². The lowest BCUT2D eigenvalue weighted by Crippen LogP contribution is -2.41. The quantitative estimate of drug-likeness (QED) is 0.552. The van der Waals surface area contributed by atoms with Crippen LogP contribution < -0.4 is 15.6 Å². The fourth-order valence-corrected chi connectivity index (χ4v) is 2.41. The first-order chi connectivity index (χ1) is 13.1. The van der Waals surface area contributed by atoms with E-state index in [9.17, 15) is 9.59 Å². The molecule has 0 saturated carbocycles. The number of hydrogen-bond acceptors (Lipinski definition) is 4. The zero-order valence-electron chi connectivity index (χ0n) is 15.3. The molecule has 0 atom stereocenters. The van der Waals surface area contributed by atoms with Crippen molar-refractivity contribution >= 4 is 11.8 Å². The fourth-order valence-electron chi connectivity index (χ4n) is 2.41. The van der Waals surface area contributed by atoms with Crippen LogP contribution in [0.2, 0.25) is 0 Å². The highest BCUT2D eigenvalue weighted by atomic mass is 16.5. The van der Waals surface area contributed by atoms with Gasteiger partial charge in [-0.1, -0.05) is 32.3 Å². The lowest BCUT2D eigenvalue weighted by molar-refractivity contribution is 0.0846. The predicted octanol–water partition coefficient (Wildman–Crippen LogP) is 3.59. The molecule has 27 heavy (non-hydrogen) atoms. The minimum atomic E-state index is -0.493. The van der Waals surface area contributed by atoms with E-state index in [-0.39, 0.29) is 0 Å². The summed E-state index contributed by atoms with van der Waals surface area (Å²) in [6, 6.07) is 14.9. The van der Waals surface area contributed by atoms with Crippen LogP contribution in [0.5, 0.6) is 5.75 Å². The number of nitrogens with one attached hydrogen (secondary N) is 2. The number of nitrogens with zero attached hydrogens (tertiary/aromatic N) is 1. The van der Waals surface area contributed by atoms with E-state index in [1.54, 1.807) is 42.5 Å². The largest absolute Gasteiger partial charge is 0.494 e. The third kappa shape index (κ3) is 6.48. The summed E-state index contributed by atoms with van der Waals surface area (Å²) in [6.45, 7) is 2.82. The minimum absolute atomic E-state index is 0.293. The lowest BCUT2D eigenvalue weighted by Gasteiger charge is -2.09. The summed E-state index contributed by atoms with van der Waals surface area (Å²) in [6.07, 6.45) is 4.54. The number of nitriles is 1. The third-order valence-electron chi connectivity index (χ3n) is 3.93. The number of hydrogen-bond donors (Lipinski definition) is 2. The Morgan fingerprint density at radius 3 is 2.33 bits per heavy atom. The minimum Gasteiger partial charge on any atom is -0.494 e. The van der Waals surface area contributed by atoms with Crippen LogP contribution in [0, 0.1) is 11.3 Å². The molecule has 2 aromatic carbocycles. The second-order valence-electron chi connectivity index (χ2n) is 6.03. The van der Waals surface area contributed by atoms with E-state index in [0.29, 0.717) is 29.0 Å². The van der Waals surface area contributed by atoms with Crippen molar-refractivity contribution in [2.45, 2.75) is 32.6 Å². The van der Waals surface area contributed by atoms with Crippen molar-refractivity contribution in [2.75, 3.05) is 6.61 Å². The summed E-state index contributed by atoms with van der Waals surface area (Å²) in [5.41, 5.74) is 5.77. The van der Waals surface area contributed by atoms with Crippen molar-refractivity contribution in [1.82, 2.24) is 10.9 Å². The highest BCUT2D eigenvalue weighted by Crippen LogP contribution is 2.13. The summed E-state index contributed by atoms with van der Waals surface area (Å²) in [7, 11) is 0. The number of amides is 2. The highest BCUT2D eigenvalue weighted by Gasteiger charge is 2.10. The van der Waals surface area contributed by atoms with Gasteiger partial charge in [-0.25, -0.2) is 0 Å². The molecule has 2 rings (SSSR count). The van der Waals surface area contributed by atoms with Crippen LogP contribution in [-0.2, 0) is 0 Å². The van der Waals surface area contributed by atoms with E-state index in [1.165, 1.54) is 18.9 Å². The molecular formula is C21H23N3O3. The number of rotatable bonds is 8. The van der Waals surface area contributed by atoms with E-state index in [2.05, 4.69) is 17.8 Å². The Bertz CT molecular complexity index is 810. The predicted molar refractivity (Wildman–Crippen MR) is 102 cm³/mol. The van der Waals surface area contributed by atoms with Crippen molar-refractivity contribution < 1.29 is 14.3 Å². The zero-order valence-corrected chi connectivity index (χ0v) is 15.3. The molecular weight excluding hydrogens is 342 g/mol. The van der Waals surface area contributed by atoms with Crippen LogP contribution in [0.1, 0.15) is 58.9 Å². The second-order valence-corrected chi connectivity index (χ2v) is 6.03. The van der Waals surface area contributed by atoms with Gasteiger partial charge in [0.05, 0.1) is 18.2 Å². The average molecular weight is 365 g/mol. The van der Waals surface area contributed by atoms with Gasteiger partial charge in [0, 0.05) is 11.1 Å². The molecule has 2 N–H and O–H groups in total. The highest BCUT2D eigenvalue weighted by molar-refractivity contribution is 5.99. The molecule has 0 aromatic heterocycles. The number of carbonyl (C=O) groups excluding carboxylic acids is 2. The Labute approximate surface area is 159 Å². The number of hydrazine groups is 1. The molecule has 0 bridgehead atoms. The van der Waals surface area contributed by atoms with Crippen LogP contribution in [0.3, 0.4) is 0 Å². The van der Waals surface area contributed by atoms with Gasteiger partial charge in [0.25, 0.3) is 11.8 Å². The van der Waals surface area contributed by atoms with Gasteiger partial charge in [0.15, 0.2) is 0 Å². The first-order valence-corrected chi connectivity index (χ1v) is 8.97. The smallest absolute Gasteiger partial charge is 0.269 e. The van der Waals surface area contributed by atoms with Crippen LogP contribution in [-0.4, -0.2) is 18.4 Å². The summed E-state index contributed by atoms with van der Waals surface area (Å²) in [4.78, 5) is 24.2. The van der Waals surface area contributed by atoms with Crippen molar-refractivity contribution in [3.8, 4) is 11.8 Å². The molecule has 2 amide bonds. The van der Waals surface area contributed by atoms with Crippen molar-refractivity contribution in [2.24, 2.45) is 0 Å². The van der Waals surface area contributed by atoms with E-state index < -0.39 is 11.8 Å². The second kappa shape index (κ2) is 10.6. The molecule has 0 heterocycles. The molecule has 0 aliphatic carbocycles. The van der Waals surface area contributed by atoms with Gasteiger partial charge < -0.3 is 4.74 Å². The molecule has 0 fully saturated rings. The molecule has 6 heteroatoms. The van der Waals surface area contributed by atoms with Crippen molar-refractivity contribution in [1.29, 1.82) is 5.26 Å². The molecule has 2 aromatic rings. The molecule has 0 spiro atoms. The molecule has 140 valence electrons. The Kier molecular flexibility index (Phi) is 7.86. The number of unbranched alkanes of at least 4 members (excludes halogenated alkanes) is 3. The van der Waals surface area contributed by atoms with Gasteiger partial charge in [-0.05, 0) is 48.9 Å². The standard InChI is InChI=1S/C21H23N3O3/c1-2-3-4-5-13-27-19-11-9-17(10-12-19)20(25)23-24-21(26)18-8-6-7-16(14-18)15-22/h6-12,14H,2-5,13H2,1H3,(H,23,25)(H,24,26). The first kappa shape index (κ1) is 20.0. The number of benzene rings is 2. The maximum absolute atomic E-state index is 12.1. The number of carbonyl (C=O) groups is 2. The number of ether oxygens (including phenoxy) is 1. The molecule has 0 saturated heterocycles. The van der Waals surface area contributed by atoms with Crippen LogP contribution in [0.15, 0.2) is 48.5 Å². The average Bonchev–Trinajstić information content (AvgIpc) is 2.72. The molecule has 0 radical (unpaired) electrons. The van der Waals surface area contributed by atoms with Gasteiger partial charge in [0.1, 0.15) is 5.75 Å². The summed E-state index contributed by atoms with van der Waals surface area (Å²) >= 11 is 0. The normalized spacial score (nSPS) is 9.93. The van der Waals surface area contributed by atoms with Crippen molar-refractivity contribution in [3.05, 3.63) is 65.2 Å². The Morgan fingerprint density at radius 1 is 0.963 bits per heavy atom. The Balaban J connectivity index is 1.81. The van der Waals surface area contributed by atoms with Gasteiger partial charge in [0.2, 0.25) is 0 Å². The monoisotopic (exact) mass is 365 g/mol. The molecule has 0 aliphatic rings. The van der Waals surface area contributed by atoms with E-state index in [0.717, 1.165) is 12.8 Å². The summed E-state index contributed by atoms with van der Waals surface area (Å²) < 4.78 is 5.64.